The van der Waals surface area contributed by atoms with Crippen molar-refractivity contribution in [2.75, 3.05) is 13.2 Å². The molecule has 0 amide bonds. The maximum absolute atomic E-state index is 5.56. The lowest BCUT2D eigenvalue weighted by Crippen LogP contribution is -2.21. The number of nitrogens with one attached hydrogen (secondary N) is 1. The smallest absolute Gasteiger partial charge is 0.162 e. The Morgan fingerprint density at radius 2 is 2.00 bits per heavy atom. The molecule has 0 heterocycles. The molecule has 1 N–H and O–H groups in total. The van der Waals surface area contributed by atoms with E-state index in [1.807, 2.05) is 25.1 Å². The molecule has 0 aliphatic rings. The topological polar surface area (TPSA) is 30.5 Å². The van der Waals surface area contributed by atoms with E-state index in [2.05, 4.69) is 25.1 Å². The van der Waals surface area contributed by atoms with Gasteiger partial charge >= 0.3 is 0 Å². The average molecular weight is 284 g/mol. The van der Waals surface area contributed by atoms with Crippen LogP contribution in [0, 0.1) is 12.3 Å². The molecule has 1 rings (SSSR count). The maximum atomic E-state index is 5.56. The van der Waals surface area contributed by atoms with Crippen molar-refractivity contribution in [3.05, 3.63) is 23.8 Å². The molecule has 0 aliphatic heterocycles. The minimum absolute atomic E-state index is 0. The van der Waals surface area contributed by atoms with E-state index in [1.54, 1.807) is 0 Å². The van der Waals surface area contributed by atoms with Gasteiger partial charge in [0.25, 0.3) is 0 Å². The first kappa shape index (κ1) is 17.6. The van der Waals surface area contributed by atoms with E-state index in [-0.39, 0.29) is 19.0 Å². The minimum atomic E-state index is 0. The first-order valence-corrected chi connectivity index (χ1v) is 6.22. The van der Waals surface area contributed by atoms with Gasteiger partial charge in [0.05, 0.1) is 6.61 Å². The molecule has 0 fully saturated rings. The van der Waals surface area contributed by atoms with Gasteiger partial charge in [-0.3, -0.25) is 0 Å². The van der Waals surface area contributed by atoms with Crippen molar-refractivity contribution < 1.29 is 9.47 Å². The Morgan fingerprint density at radius 1 is 1.26 bits per heavy atom. The average Bonchev–Trinajstić information content (AvgIpc) is 2.35. The van der Waals surface area contributed by atoms with E-state index in [0.717, 1.165) is 12.3 Å². The highest BCUT2D eigenvalue weighted by Gasteiger charge is 2.06. The Bertz CT molecular complexity index is 413. The molecule has 106 valence electrons. The van der Waals surface area contributed by atoms with E-state index >= 15 is 0 Å². The largest absolute Gasteiger partial charge is 0.490 e. The highest BCUT2D eigenvalue weighted by atomic mass is 35.5. The summed E-state index contributed by atoms with van der Waals surface area (Å²) in [5, 5.41) is 3.37. The quantitative estimate of drug-likeness (QED) is 0.781. The van der Waals surface area contributed by atoms with Crippen molar-refractivity contribution in [1.29, 1.82) is 0 Å². The van der Waals surface area contributed by atoms with Crippen LogP contribution in [-0.4, -0.2) is 19.3 Å². The molecule has 0 bridgehead atoms. The third-order valence-electron chi connectivity index (χ3n) is 2.33. The van der Waals surface area contributed by atoms with E-state index < -0.39 is 0 Å². The van der Waals surface area contributed by atoms with Crippen molar-refractivity contribution in [2.45, 2.75) is 33.4 Å². The molecular formula is C15H22ClNO2. The van der Waals surface area contributed by atoms with Crippen molar-refractivity contribution in [3.8, 4) is 23.8 Å². The van der Waals surface area contributed by atoms with E-state index in [1.165, 1.54) is 5.56 Å². The molecule has 0 radical (unpaired) electrons. The fraction of sp³-hybridized carbons (Fsp3) is 0.467. The van der Waals surface area contributed by atoms with Crippen LogP contribution in [0.5, 0.6) is 11.5 Å². The third-order valence-corrected chi connectivity index (χ3v) is 2.33. The van der Waals surface area contributed by atoms with Crippen LogP contribution in [0.1, 0.15) is 26.3 Å². The van der Waals surface area contributed by atoms with Crippen LogP contribution in [0.2, 0.25) is 0 Å². The zero-order valence-electron chi connectivity index (χ0n) is 11.7. The van der Waals surface area contributed by atoms with E-state index in [0.29, 0.717) is 18.4 Å². The Balaban J connectivity index is 0.00000324. The second-order valence-electron chi connectivity index (χ2n) is 4.24. The summed E-state index contributed by atoms with van der Waals surface area (Å²) in [5.74, 6) is 3.89. The molecule has 1 aromatic carbocycles. The first-order valence-electron chi connectivity index (χ1n) is 6.22. The highest BCUT2D eigenvalue weighted by molar-refractivity contribution is 5.85. The van der Waals surface area contributed by atoms with E-state index in [4.69, 9.17) is 15.9 Å². The van der Waals surface area contributed by atoms with Crippen LogP contribution in [0.4, 0.5) is 0 Å². The van der Waals surface area contributed by atoms with Gasteiger partial charge < -0.3 is 14.8 Å². The van der Waals surface area contributed by atoms with Crippen LogP contribution in [-0.2, 0) is 6.54 Å². The predicted molar refractivity (Wildman–Crippen MR) is 81.2 cm³/mol. The second kappa shape index (κ2) is 9.55. The van der Waals surface area contributed by atoms with Crippen LogP contribution in [0.3, 0.4) is 0 Å². The fourth-order valence-electron chi connectivity index (χ4n) is 1.49. The summed E-state index contributed by atoms with van der Waals surface area (Å²) in [5.41, 5.74) is 1.17. The molecule has 3 nitrogen and oxygen atoms in total. The molecule has 19 heavy (non-hydrogen) atoms. The number of terminal acetylenes is 1. The summed E-state index contributed by atoms with van der Waals surface area (Å²) in [4.78, 5) is 0. The van der Waals surface area contributed by atoms with Gasteiger partial charge in [-0.2, -0.15) is 0 Å². The summed E-state index contributed by atoms with van der Waals surface area (Å²) in [6, 6.07) is 6.37. The van der Waals surface area contributed by atoms with Gasteiger partial charge in [0, 0.05) is 12.6 Å². The first-order chi connectivity index (χ1) is 8.67. The summed E-state index contributed by atoms with van der Waals surface area (Å²) in [6.45, 7) is 7.86. The van der Waals surface area contributed by atoms with Gasteiger partial charge in [-0.15, -0.1) is 18.8 Å². The number of rotatable bonds is 7. The molecule has 0 atom stereocenters. The van der Waals surface area contributed by atoms with Gasteiger partial charge in [0.15, 0.2) is 11.5 Å². The summed E-state index contributed by atoms with van der Waals surface area (Å²) in [6.07, 6.45) is 5.19. The van der Waals surface area contributed by atoms with Crippen LogP contribution in [0.15, 0.2) is 18.2 Å². The van der Waals surface area contributed by atoms with Crippen molar-refractivity contribution in [1.82, 2.24) is 5.32 Å². The van der Waals surface area contributed by atoms with Gasteiger partial charge in [0.1, 0.15) is 6.61 Å². The molecule has 0 saturated heterocycles. The molecule has 0 unspecified atom stereocenters. The Morgan fingerprint density at radius 3 is 2.58 bits per heavy atom. The van der Waals surface area contributed by atoms with Gasteiger partial charge in [0.2, 0.25) is 0 Å². The molecule has 0 aromatic heterocycles. The Hall–Kier alpha value is -1.37. The van der Waals surface area contributed by atoms with E-state index in [9.17, 15) is 0 Å². The summed E-state index contributed by atoms with van der Waals surface area (Å²) in [7, 11) is 0. The molecule has 4 heteroatoms. The van der Waals surface area contributed by atoms with Gasteiger partial charge in [-0.25, -0.2) is 0 Å². The number of hydrogen-bond acceptors (Lipinski definition) is 3. The predicted octanol–water partition coefficient (Wildman–Crippen LogP) is 3.02. The number of benzene rings is 1. The van der Waals surface area contributed by atoms with Crippen molar-refractivity contribution >= 4 is 12.4 Å². The second-order valence-corrected chi connectivity index (χ2v) is 4.24. The summed E-state index contributed by atoms with van der Waals surface area (Å²) >= 11 is 0. The SMILES string of the molecule is C#CCOc1ccc(CNC(C)C)cc1OCC.Cl. The molecular weight excluding hydrogens is 262 g/mol. The normalized spacial score (nSPS) is 9.63. The minimum Gasteiger partial charge on any atom is -0.490 e. The van der Waals surface area contributed by atoms with Crippen LogP contribution < -0.4 is 14.8 Å². The monoisotopic (exact) mass is 283 g/mol. The number of hydrogen-bond donors (Lipinski definition) is 1. The summed E-state index contributed by atoms with van der Waals surface area (Å²) < 4.78 is 11.0. The maximum Gasteiger partial charge on any atom is 0.162 e. The van der Waals surface area contributed by atoms with Crippen LogP contribution in [0.25, 0.3) is 0 Å². The zero-order valence-corrected chi connectivity index (χ0v) is 12.5. The lowest BCUT2D eigenvalue weighted by Gasteiger charge is -2.13. The molecule has 0 aliphatic carbocycles. The number of ether oxygens (including phenoxy) is 2. The van der Waals surface area contributed by atoms with Crippen LogP contribution >= 0.6 is 12.4 Å². The highest BCUT2D eigenvalue weighted by Crippen LogP contribution is 2.28. The molecule has 1 aromatic rings. The number of halogens is 1. The third kappa shape index (κ3) is 6.37. The fourth-order valence-corrected chi connectivity index (χ4v) is 1.49. The van der Waals surface area contributed by atoms with Crippen molar-refractivity contribution in [3.63, 3.8) is 0 Å². The Kier molecular flexibility index (Phi) is 8.86. The standard InChI is InChI=1S/C15H21NO2.ClH/c1-5-9-18-14-8-7-13(11-16-12(3)4)10-15(14)17-6-2;/h1,7-8,10,12,16H,6,9,11H2,2-4H3;1H. The molecule has 0 spiro atoms. The lowest BCUT2D eigenvalue weighted by atomic mass is 10.2. The van der Waals surface area contributed by atoms with Gasteiger partial charge in [-0.05, 0) is 24.6 Å². The lowest BCUT2D eigenvalue weighted by molar-refractivity contribution is 0.299. The Labute approximate surface area is 122 Å². The zero-order chi connectivity index (χ0) is 13.4. The molecule has 0 saturated carbocycles. The van der Waals surface area contributed by atoms with Gasteiger partial charge in [-0.1, -0.05) is 25.8 Å². The van der Waals surface area contributed by atoms with Crippen molar-refractivity contribution in [2.24, 2.45) is 0 Å².